The minimum atomic E-state index is -3.73. The van der Waals surface area contributed by atoms with Gasteiger partial charge in [-0.25, -0.2) is 8.42 Å². The molecule has 0 bridgehead atoms. The minimum Gasteiger partial charge on any atom is -0.490 e. The van der Waals surface area contributed by atoms with Crippen LogP contribution in [0, 0.1) is 0 Å². The van der Waals surface area contributed by atoms with Crippen LogP contribution in [-0.4, -0.2) is 41.2 Å². The molecule has 8 heteroatoms. The van der Waals surface area contributed by atoms with Crippen molar-refractivity contribution in [3.05, 3.63) is 84.4 Å². The molecule has 0 spiro atoms. The molecule has 3 rings (SSSR count). The highest BCUT2D eigenvalue weighted by molar-refractivity contribution is 7.92. The summed E-state index contributed by atoms with van der Waals surface area (Å²) in [5.74, 6) is 0.0933. The molecule has 0 aliphatic carbocycles. The van der Waals surface area contributed by atoms with Crippen molar-refractivity contribution in [3.63, 3.8) is 0 Å². The number of carbonyl (C=O) groups excluding carboxylic acids is 1. The van der Waals surface area contributed by atoms with Gasteiger partial charge in [0.25, 0.3) is 15.9 Å². The summed E-state index contributed by atoms with van der Waals surface area (Å²) in [6.45, 7) is 2.81. The summed E-state index contributed by atoms with van der Waals surface area (Å²) in [6.07, 6.45) is 0. The van der Waals surface area contributed by atoms with Crippen molar-refractivity contribution in [1.82, 2.24) is 0 Å². The third-order valence-electron chi connectivity index (χ3n) is 4.71. The highest BCUT2D eigenvalue weighted by Gasteiger charge is 2.23. The second-order valence-electron chi connectivity index (χ2n) is 6.82. The minimum absolute atomic E-state index is 0.143. The molecule has 1 amide bonds. The normalized spacial score (nSPS) is 11.1. The van der Waals surface area contributed by atoms with E-state index in [4.69, 9.17) is 9.47 Å². The van der Waals surface area contributed by atoms with Gasteiger partial charge in [0.2, 0.25) is 0 Å². The zero-order valence-corrected chi connectivity index (χ0v) is 18.8. The van der Waals surface area contributed by atoms with Crippen molar-refractivity contribution >= 4 is 27.3 Å². The highest BCUT2D eigenvalue weighted by atomic mass is 32.2. The quantitative estimate of drug-likeness (QED) is 0.465. The number of ether oxygens (including phenoxy) is 2. The number of anilines is 2. The number of amides is 1. The fraction of sp³-hybridized carbons (Fsp3) is 0.208. The summed E-state index contributed by atoms with van der Waals surface area (Å²) in [5, 5.41) is 2.78. The van der Waals surface area contributed by atoms with Crippen molar-refractivity contribution in [2.75, 3.05) is 36.5 Å². The van der Waals surface area contributed by atoms with E-state index >= 15 is 0 Å². The van der Waals surface area contributed by atoms with Crippen LogP contribution in [0.25, 0.3) is 0 Å². The average molecular weight is 455 g/mol. The number of benzene rings is 3. The van der Waals surface area contributed by atoms with Gasteiger partial charge in [-0.1, -0.05) is 30.3 Å². The summed E-state index contributed by atoms with van der Waals surface area (Å²) in [5.41, 5.74) is 1.45. The van der Waals surface area contributed by atoms with E-state index < -0.39 is 10.0 Å². The Bertz CT molecular complexity index is 1130. The lowest BCUT2D eigenvalue weighted by Crippen LogP contribution is -2.30. The number of nitrogens with one attached hydrogen (secondary N) is 1. The number of methoxy groups -OCH3 is 1. The molecular formula is C24H26N2O5S. The fourth-order valence-electron chi connectivity index (χ4n) is 3.14. The molecule has 0 atom stereocenters. The van der Waals surface area contributed by atoms with Crippen molar-refractivity contribution in [2.24, 2.45) is 0 Å². The van der Waals surface area contributed by atoms with Crippen molar-refractivity contribution < 1.29 is 22.7 Å². The summed E-state index contributed by atoms with van der Waals surface area (Å²) >= 11 is 0. The van der Waals surface area contributed by atoms with Gasteiger partial charge in [-0.2, -0.15) is 0 Å². The van der Waals surface area contributed by atoms with E-state index in [1.807, 2.05) is 6.07 Å². The van der Waals surface area contributed by atoms with Gasteiger partial charge in [0.1, 0.15) is 12.4 Å². The van der Waals surface area contributed by atoms with E-state index in [1.165, 1.54) is 16.4 Å². The van der Waals surface area contributed by atoms with Gasteiger partial charge in [0.15, 0.2) is 0 Å². The monoisotopic (exact) mass is 454 g/mol. The smallest absolute Gasteiger partial charge is 0.264 e. The topological polar surface area (TPSA) is 84.9 Å². The van der Waals surface area contributed by atoms with Gasteiger partial charge < -0.3 is 14.8 Å². The van der Waals surface area contributed by atoms with Crippen LogP contribution >= 0.6 is 0 Å². The van der Waals surface area contributed by atoms with Gasteiger partial charge in [0, 0.05) is 19.3 Å². The number of hydrogen-bond donors (Lipinski definition) is 1. The van der Waals surface area contributed by atoms with Crippen LogP contribution in [0.15, 0.2) is 83.8 Å². The standard InChI is InChI=1S/C24H26N2O5S/c1-3-26(20-9-5-4-6-10-20)32(28,29)21-15-13-19(14-16-21)25-24(27)22-11-7-8-12-23(22)31-18-17-30-2/h4-16H,3,17-18H2,1-2H3,(H,25,27). The Hall–Kier alpha value is -3.36. The van der Waals surface area contributed by atoms with Crippen LogP contribution in [0.5, 0.6) is 5.75 Å². The Kier molecular flexibility index (Phi) is 7.86. The molecule has 0 heterocycles. The molecule has 3 aromatic rings. The lowest BCUT2D eigenvalue weighted by molar-refractivity contribution is 0.101. The van der Waals surface area contributed by atoms with Crippen LogP contribution < -0.4 is 14.4 Å². The summed E-state index contributed by atoms with van der Waals surface area (Å²) in [4.78, 5) is 12.9. The number of para-hydroxylation sites is 2. The zero-order valence-electron chi connectivity index (χ0n) is 18.0. The van der Waals surface area contributed by atoms with Gasteiger partial charge >= 0.3 is 0 Å². The molecule has 7 nitrogen and oxygen atoms in total. The molecule has 168 valence electrons. The molecule has 0 fully saturated rings. The second kappa shape index (κ2) is 10.8. The molecule has 3 aromatic carbocycles. The second-order valence-corrected chi connectivity index (χ2v) is 8.68. The van der Waals surface area contributed by atoms with Gasteiger partial charge in [-0.15, -0.1) is 0 Å². The van der Waals surface area contributed by atoms with Gasteiger partial charge in [-0.3, -0.25) is 9.10 Å². The Labute approximate surface area is 188 Å². The van der Waals surface area contributed by atoms with Crippen molar-refractivity contribution in [3.8, 4) is 5.75 Å². The molecule has 0 aliphatic heterocycles. The van der Waals surface area contributed by atoms with E-state index in [2.05, 4.69) is 5.32 Å². The number of hydrogen-bond acceptors (Lipinski definition) is 5. The molecule has 0 aromatic heterocycles. The van der Waals surface area contributed by atoms with Crippen LogP contribution in [0.1, 0.15) is 17.3 Å². The van der Waals surface area contributed by atoms with Gasteiger partial charge in [-0.05, 0) is 55.5 Å². The number of nitrogens with zero attached hydrogens (tertiary/aromatic N) is 1. The van der Waals surface area contributed by atoms with Crippen LogP contribution in [0.3, 0.4) is 0 Å². The van der Waals surface area contributed by atoms with E-state index in [0.29, 0.717) is 42.4 Å². The maximum Gasteiger partial charge on any atom is 0.264 e. The molecule has 1 N–H and O–H groups in total. The predicted octanol–water partition coefficient (Wildman–Crippen LogP) is 4.18. The molecule has 0 saturated heterocycles. The first-order valence-electron chi connectivity index (χ1n) is 10.2. The first-order chi connectivity index (χ1) is 15.5. The molecular weight excluding hydrogens is 428 g/mol. The number of carbonyl (C=O) groups is 1. The highest BCUT2D eigenvalue weighted by Crippen LogP contribution is 2.25. The molecule has 32 heavy (non-hydrogen) atoms. The predicted molar refractivity (Wildman–Crippen MR) is 125 cm³/mol. The third-order valence-corrected chi connectivity index (χ3v) is 6.63. The summed E-state index contributed by atoms with van der Waals surface area (Å²) < 4.78 is 38.1. The maximum atomic E-state index is 13.1. The van der Waals surface area contributed by atoms with Crippen LogP contribution in [0.2, 0.25) is 0 Å². The fourth-order valence-corrected chi connectivity index (χ4v) is 4.61. The molecule has 0 unspecified atom stereocenters. The largest absolute Gasteiger partial charge is 0.490 e. The maximum absolute atomic E-state index is 13.1. The molecule has 0 radical (unpaired) electrons. The van der Waals surface area contributed by atoms with Gasteiger partial charge in [0.05, 0.1) is 22.8 Å². The Balaban J connectivity index is 1.76. The number of rotatable bonds is 10. The van der Waals surface area contributed by atoms with Crippen LogP contribution in [-0.2, 0) is 14.8 Å². The van der Waals surface area contributed by atoms with E-state index in [-0.39, 0.29) is 10.8 Å². The Morgan fingerprint density at radius 1 is 0.906 bits per heavy atom. The first kappa shape index (κ1) is 23.3. The summed E-state index contributed by atoms with van der Waals surface area (Å²) in [7, 11) is -2.16. The Morgan fingerprint density at radius 3 is 2.22 bits per heavy atom. The van der Waals surface area contributed by atoms with Crippen LogP contribution in [0.4, 0.5) is 11.4 Å². The zero-order chi connectivity index (χ0) is 23.0. The Morgan fingerprint density at radius 2 is 1.56 bits per heavy atom. The van der Waals surface area contributed by atoms with E-state index in [0.717, 1.165) is 0 Å². The molecule has 0 saturated carbocycles. The van der Waals surface area contributed by atoms with Crippen molar-refractivity contribution in [2.45, 2.75) is 11.8 Å². The van der Waals surface area contributed by atoms with Crippen molar-refractivity contribution in [1.29, 1.82) is 0 Å². The third kappa shape index (κ3) is 5.46. The van der Waals surface area contributed by atoms with E-state index in [9.17, 15) is 13.2 Å². The average Bonchev–Trinajstić information content (AvgIpc) is 2.81. The molecule has 0 aliphatic rings. The van der Waals surface area contributed by atoms with E-state index in [1.54, 1.807) is 74.7 Å². The SMILES string of the molecule is CCN(c1ccccc1)S(=O)(=O)c1ccc(NC(=O)c2ccccc2OCCOC)cc1. The first-order valence-corrected chi connectivity index (χ1v) is 11.6. The lowest BCUT2D eigenvalue weighted by atomic mass is 10.2. The lowest BCUT2D eigenvalue weighted by Gasteiger charge is -2.23. The summed E-state index contributed by atoms with van der Waals surface area (Å²) in [6, 6.07) is 21.9. The number of sulfonamides is 1.